The van der Waals surface area contributed by atoms with Crippen LogP contribution in [0.3, 0.4) is 0 Å². The van der Waals surface area contributed by atoms with E-state index >= 15 is 0 Å². The summed E-state index contributed by atoms with van der Waals surface area (Å²) in [7, 11) is 1.66. The first-order valence-corrected chi connectivity index (χ1v) is 12.6. The van der Waals surface area contributed by atoms with Gasteiger partial charge in [-0.3, -0.25) is 0 Å². The van der Waals surface area contributed by atoms with E-state index in [4.69, 9.17) is 4.74 Å². The van der Waals surface area contributed by atoms with Gasteiger partial charge >= 0.3 is 0 Å². The standard InChI is InChI=1S/C28H46O3/c1-18(2)9-7-10-19(3)27-25(30)17-23-21(11-8-14-28(23,27)5)12-13-22-16-24(29)26(31-6)15-20(22)4/h12-13,18-19,23-27,29-30H,4,7-11,14-17H2,1-3,5-6H3/b21-12+,22-13+/t19-,23+,24+,25?,26?,27+,28-/m1/s1. The topological polar surface area (TPSA) is 49.7 Å². The van der Waals surface area contributed by atoms with Gasteiger partial charge in [0, 0.05) is 20.0 Å². The Bertz CT molecular complexity index is 690. The lowest BCUT2D eigenvalue weighted by Gasteiger charge is -2.44. The van der Waals surface area contributed by atoms with Crippen LogP contribution in [0.25, 0.3) is 0 Å². The molecule has 3 aliphatic rings. The van der Waals surface area contributed by atoms with Gasteiger partial charge in [-0.05, 0) is 65.9 Å². The highest BCUT2D eigenvalue weighted by molar-refractivity contribution is 5.37. The summed E-state index contributed by atoms with van der Waals surface area (Å²) in [5, 5.41) is 21.5. The molecule has 0 saturated heterocycles. The third-order valence-electron chi connectivity index (χ3n) is 8.69. The molecule has 0 spiro atoms. The highest BCUT2D eigenvalue weighted by Gasteiger charge is 2.54. The van der Waals surface area contributed by atoms with Crippen LogP contribution in [0.5, 0.6) is 0 Å². The highest BCUT2D eigenvalue weighted by Crippen LogP contribution is 2.60. The minimum absolute atomic E-state index is 0.141. The Labute approximate surface area is 190 Å². The van der Waals surface area contributed by atoms with Crippen molar-refractivity contribution in [2.45, 2.75) is 104 Å². The first-order valence-electron chi connectivity index (χ1n) is 12.6. The summed E-state index contributed by atoms with van der Waals surface area (Å²) in [4.78, 5) is 0. The maximum Gasteiger partial charge on any atom is 0.0873 e. The Kier molecular flexibility index (Phi) is 8.27. The first-order chi connectivity index (χ1) is 14.7. The van der Waals surface area contributed by atoms with E-state index in [0.717, 1.165) is 29.9 Å². The Balaban J connectivity index is 1.74. The van der Waals surface area contributed by atoms with E-state index in [9.17, 15) is 10.2 Å². The zero-order chi connectivity index (χ0) is 22.8. The molecule has 0 aliphatic heterocycles. The molecule has 2 N–H and O–H groups in total. The largest absolute Gasteiger partial charge is 0.393 e. The van der Waals surface area contributed by atoms with Crippen molar-refractivity contribution in [2.24, 2.45) is 29.1 Å². The van der Waals surface area contributed by atoms with Crippen molar-refractivity contribution in [3.63, 3.8) is 0 Å². The summed E-state index contributed by atoms with van der Waals surface area (Å²) in [6.45, 7) is 13.7. The van der Waals surface area contributed by atoms with Crippen molar-refractivity contribution in [3.8, 4) is 0 Å². The molecule has 176 valence electrons. The van der Waals surface area contributed by atoms with Crippen LogP contribution < -0.4 is 0 Å². The highest BCUT2D eigenvalue weighted by atomic mass is 16.5. The number of allylic oxidation sites excluding steroid dienone is 3. The van der Waals surface area contributed by atoms with Crippen LogP contribution in [0.4, 0.5) is 0 Å². The van der Waals surface area contributed by atoms with E-state index in [2.05, 4.69) is 46.4 Å². The molecule has 3 rings (SSSR count). The van der Waals surface area contributed by atoms with Crippen LogP contribution >= 0.6 is 0 Å². The van der Waals surface area contributed by atoms with E-state index in [1.54, 1.807) is 7.11 Å². The average molecular weight is 431 g/mol. The Morgan fingerprint density at radius 2 is 1.87 bits per heavy atom. The number of aliphatic hydroxyl groups is 2. The van der Waals surface area contributed by atoms with Gasteiger partial charge < -0.3 is 14.9 Å². The van der Waals surface area contributed by atoms with Gasteiger partial charge in [0.25, 0.3) is 0 Å². The first kappa shape index (κ1) is 24.7. The number of methoxy groups -OCH3 is 1. The molecule has 2 unspecified atom stereocenters. The molecular weight excluding hydrogens is 384 g/mol. The summed E-state index contributed by atoms with van der Waals surface area (Å²) in [5.74, 6) is 2.20. The minimum atomic E-state index is -0.457. The molecule has 0 aromatic heterocycles. The SMILES string of the molecule is C=C1CC(OC)[C@@H](O)C/C1=C\C=C1/CCC[C@@]2(C)[C@@H]([C@H](C)CCCC(C)C)C(O)C[C@@H]12. The second-order valence-corrected chi connectivity index (χ2v) is 11.3. The lowest BCUT2D eigenvalue weighted by molar-refractivity contribution is -0.0164. The van der Waals surface area contributed by atoms with Crippen LogP contribution in [0.2, 0.25) is 0 Å². The van der Waals surface area contributed by atoms with Crippen molar-refractivity contribution in [2.75, 3.05) is 7.11 Å². The Hall–Kier alpha value is -0.900. The fourth-order valence-corrected chi connectivity index (χ4v) is 6.99. The van der Waals surface area contributed by atoms with Crippen molar-refractivity contribution >= 4 is 0 Å². The molecular formula is C28H46O3. The number of ether oxygens (including phenoxy) is 1. The molecule has 0 bridgehead atoms. The molecule has 0 heterocycles. The molecule has 0 amide bonds. The Morgan fingerprint density at radius 1 is 1.13 bits per heavy atom. The van der Waals surface area contributed by atoms with Gasteiger partial charge in [-0.15, -0.1) is 0 Å². The Morgan fingerprint density at radius 3 is 2.55 bits per heavy atom. The monoisotopic (exact) mass is 430 g/mol. The number of aliphatic hydroxyl groups excluding tert-OH is 2. The summed E-state index contributed by atoms with van der Waals surface area (Å²) in [6, 6.07) is 0. The number of fused-ring (bicyclic) bond motifs is 1. The zero-order valence-electron chi connectivity index (χ0n) is 20.6. The molecule has 3 aliphatic carbocycles. The van der Waals surface area contributed by atoms with Gasteiger partial charge in [0.15, 0.2) is 0 Å². The van der Waals surface area contributed by atoms with Gasteiger partial charge in [0.2, 0.25) is 0 Å². The maximum atomic E-state index is 11.1. The van der Waals surface area contributed by atoms with Crippen LogP contribution in [-0.4, -0.2) is 35.6 Å². The zero-order valence-corrected chi connectivity index (χ0v) is 20.6. The number of hydrogen-bond donors (Lipinski definition) is 2. The van der Waals surface area contributed by atoms with Crippen molar-refractivity contribution in [1.82, 2.24) is 0 Å². The molecule has 3 heteroatoms. The predicted octanol–water partition coefficient (Wildman–Crippen LogP) is 6.21. The maximum absolute atomic E-state index is 11.1. The lowest BCUT2D eigenvalue weighted by atomic mass is 9.60. The molecule has 3 nitrogen and oxygen atoms in total. The van der Waals surface area contributed by atoms with Gasteiger partial charge in [0.05, 0.1) is 18.3 Å². The number of hydrogen-bond acceptors (Lipinski definition) is 3. The van der Waals surface area contributed by atoms with E-state index in [1.165, 1.54) is 37.7 Å². The van der Waals surface area contributed by atoms with E-state index in [-0.39, 0.29) is 17.6 Å². The molecule has 0 aromatic rings. The normalized spacial score (nSPS) is 40.0. The smallest absolute Gasteiger partial charge is 0.0873 e. The third kappa shape index (κ3) is 5.37. The molecule has 0 radical (unpaired) electrons. The molecule has 31 heavy (non-hydrogen) atoms. The molecule has 7 atom stereocenters. The third-order valence-corrected chi connectivity index (χ3v) is 8.69. The quantitative estimate of drug-likeness (QED) is 0.504. The van der Waals surface area contributed by atoms with Crippen LogP contribution in [0, 0.1) is 29.1 Å². The fraction of sp³-hybridized carbons (Fsp3) is 0.786. The van der Waals surface area contributed by atoms with Crippen LogP contribution in [0.15, 0.2) is 35.5 Å². The van der Waals surface area contributed by atoms with Crippen LogP contribution in [-0.2, 0) is 4.74 Å². The average Bonchev–Trinajstić information content (AvgIpc) is 2.98. The van der Waals surface area contributed by atoms with E-state index in [0.29, 0.717) is 30.6 Å². The number of rotatable bonds is 7. The van der Waals surface area contributed by atoms with Crippen molar-refractivity contribution < 1.29 is 14.9 Å². The van der Waals surface area contributed by atoms with Crippen LogP contribution in [0.1, 0.15) is 85.5 Å². The summed E-state index contributed by atoms with van der Waals surface area (Å²) in [5.41, 5.74) is 3.92. The molecule has 3 fully saturated rings. The van der Waals surface area contributed by atoms with Gasteiger partial charge in [-0.25, -0.2) is 0 Å². The van der Waals surface area contributed by atoms with Gasteiger partial charge in [0.1, 0.15) is 0 Å². The van der Waals surface area contributed by atoms with E-state index in [1.807, 2.05) is 0 Å². The summed E-state index contributed by atoms with van der Waals surface area (Å²) in [6.07, 6.45) is 13.3. The van der Waals surface area contributed by atoms with Crippen molar-refractivity contribution in [3.05, 3.63) is 35.5 Å². The van der Waals surface area contributed by atoms with E-state index < -0.39 is 6.10 Å². The van der Waals surface area contributed by atoms with Gasteiger partial charge in [-0.1, -0.05) is 71.3 Å². The second-order valence-electron chi connectivity index (χ2n) is 11.3. The van der Waals surface area contributed by atoms with Crippen molar-refractivity contribution in [1.29, 1.82) is 0 Å². The lowest BCUT2D eigenvalue weighted by Crippen LogP contribution is -2.38. The minimum Gasteiger partial charge on any atom is -0.393 e. The summed E-state index contributed by atoms with van der Waals surface area (Å²) < 4.78 is 5.39. The second kappa shape index (κ2) is 10.4. The molecule has 0 aromatic carbocycles. The molecule has 3 saturated carbocycles. The predicted molar refractivity (Wildman–Crippen MR) is 129 cm³/mol. The summed E-state index contributed by atoms with van der Waals surface area (Å²) >= 11 is 0. The van der Waals surface area contributed by atoms with Gasteiger partial charge in [-0.2, -0.15) is 0 Å². The fourth-order valence-electron chi connectivity index (χ4n) is 6.99.